The van der Waals surface area contributed by atoms with Crippen molar-refractivity contribution < 1.29 is 4.74 Å². The van der Waals surface area contributed by atoms with Crippen LogP contribution in [-0.4, -0.2) is 37.0 Å². The number of likely N-dealkylation sites (tertiary alicyclic amines) is 1. The zero-order valence-corrected chi connectivity index (χ0v) is 13.4. The second kappa shape index (κ2) is 6.59. The average Bonchev–Trinajstić information content (AvgIpc) is 2.43. The molecule has 0 spiro atoms. The summed E-state index contributed by atoms with van der Waals surface area (Å²) in [6, 6.07) is 7.89. The molecule has 1 aliphatic rings. The molecule has 4 nitrogen and oxygen atoms in total. The lowest BCUT2D eigenvalue weighted by Gasteiger charge is -2.38. The van der Waals surface area contributed by atoms with Crippen molar-refractivity contribution in [3.8, 4) is 5.75 Å². The molecule has 0 aromatic heterocycles. The van der Waals surface area contributed by atoms with E-state index in [2.05, 4.69) is 27.8 Å². The smallest absolute Gasteiger partial charge is 0.119 e. The maximum atomic E-state index is 7.65. The first-order chi connectivity index (χ1) is 9.49. The van der Waals surface area contributed by atoms with Crippen molar-refractivity contribution in [2.75, 3.05) is 26.2 Å². The molecule has 3 N–H and O–H groups in total. The van der Waals surface area contributed by atoms with E-state index in [0.717, 1.165) is 42.7 Å². The van der Waals surface area contributed by atoms with Crippen molar-refractivity contribution in [3.05, 3.63) is 28.7 Å². The summed E-state index contributed by atoms with van der Waals surface area (Å²) < 4.78 is 6.79. The Balaban J connectivity index is 1.71. The quantitative estimate of drug-likeness (QED) is 0.640. The van der Waals surface area contributed by atoms with Crippen LogP contribution in [0.5, 0.6) is 5.75 Å². The highest BCUT2D eigenvalue weighted by molar-refractivity contribution is 9.10. The van der Waals surface area contributed by atoms with Gasteiger partial charge in [0, 0.05) is 16.4 Å². The number of ether oxygens (including phenoxy) is 1. The Labute approximate surface area is 128 Å². The topological polar surface area (TPSA) is 62.3 Å². The summed E-state index contributed by atoms with van der Waals surface area (Å²) in [6.07, 6.45) is 1.92. The fourth-order valence-corrected chi connectivity index (χ4v) is 2.63. The van der Waals surface area contributed by atoms with Crippen LogP contribution in [0.15, 0.2) is 28.7 Å². The second-order valence-corrected chi connectivity index (χ2v) is 6.53. The minimum absolute atomic E-state index is 0.108. The zero-order chi connectivity index (χ0) is 14.6. The van der Waals surface area contributed by atoms with Crippen molar-refractivity contribution in [2.24, 2.45) is 11.1 Å². The molecule has 0 radical (unpaired) electrons. The molecule has 0 amide bonds. The minimum atomic E-state index is -0.108. The Morgan fingerprint density at radius 2 is 1.95 bits per heavy atom. The first-order valence-electron chi connectivity index (χ1n) is 6.95. The maximum absolute atomic E-state index is 7.65. The van der Waals surface area contributed by atoms with Gasteiger partial charge in [-0.05, 0) is 50.2 Å². The molecule has 1 aliphatic heterocycles. The number of rotatable bonds is 5. The molecule has 5 heteroatoms. The fraction of sp³-hybridized carbons (Fsp3) is 0.533. The highest BCUT2D eigenvalue weighted by atomic mass is 79.9. The Kier molecular flexibility index (Phi) is 5.05. The summed E-state index contributed by atoms with van der Waals surface area (Å²) in [7, 11) is 0. The van der Waals surface area contributed by atoms with E-state index >= 15 is 0 Å². The third-order valence-corrected chi connectivity index (χ3v) is 4.63. The zero-order valence-electron chi connectivity index (χ0n) is 11.9. The maximum Gasteiger partial charge on any atom is 0.119 e. The Bertz CT molecular complexity index is 453. The van der Waals surface area contributed by atoms with E-state index in [-0.39, 0.29) is 5.41 Å². The first-order valence-corrected chi connectivity index (χ1v) is 7.74. The van der Waals surface area contributed by atoms with Crippen LogP contribution < -0.4 is 10.5 Å². The standard InChI is InChI=1S/C15H22BrN3O/c1-15(14(17)18)6-8-19(9-7-15)10-11-20-13-4-2-12(16)3-5-13/h2-5H,6-11H2,1H3,(H3,17,18). The van der Waals surface area contributed by atoms with Crippen molar-refractivity contribution in [3.63, 3.8) is 0 Å². The molecule has 20 heavy (non-hydrogen) atoms. The van der Waals surface area contributed by atoms with Gasteiger partial charge in [-0.25, -0.2) is 0 Å². The second-order valence-electron chi connectivity index (χ2n) is 5.62. The van der Waals surface area contributed by atoms with Crippen molar-refractivity contribution in [1.82, 2.24) is 4.90 Å². The SMILES string of the molecule is CC1(C(=N)N)CCN(CCOc2ccc(Br)cc2)CC1. The number of amidine groups is 1. The number of halogens is 1. The molecule has 110 valence electrons. The van der Waals surface area contributed by atoms with Gasteiger partial charge in [-0.1, -0.05) is 22.9 Å². The summed E-state index contributed by atoms with van der Waals surface area (Å²) in [4.78, 5) is 2.38. The van der Waals surface area contributed by atoms with Crippen LogP contribution in [0.25, 0.3) is 0 Å². The van der Waals surface area contributed by atoms with Gasteiger partial charge in [-0.3, -0.25) is 10.3 Å². The highest BCUT2D eigenvalue weighted by Crippen LogP contribution is 2.30. The largest absolute Gasteiger partial charge is 0.492 e. The van der Waals surface area contributed by atoms with Gasteiger partial charge in [0.05, 0.1) is 5.84 Å². The molecule has 1 saturated heterocycles. The van der Waals surface area contributed by atoms with Gasteiger partial charge in [0.2, 0.25) is 0 Å². The van der Waals surface area contributed by atoms with Gasteiger partial charge in [0.1, 0.15) is 12.4 Å². The van der Waals surface area contributed by atoms with Crippen LogP contribution in [-0.2, 0) is 0 Å². The average molecular weight is 340 g/mol. The lowest BCUT2D eigenvalue weighted by atomic mass is 9.79. The van der Waals surface area contributed by atoms with Gasteiger partial charge in [0.15, 0.2) is 0 Å². The van der Waals surface area contributed by atoms with Gasteiger partial charge in [0.25, 0.3) is 0 Å². The van der Waals surface area contributed by atoms with E-state index < -0.39 is 0 Å². The Morgan fingerprint density at radius 1 is 1.35 bits per heavy atom. The molecule has 1 heterocycles. The predicted octanol–water partition coefficient (Wildman–Crippen LogP) is 2.87. The van der Waals surface area contributed by atoms with Crippen molar-refractivity contribution >= 4 is 21.8 Å². The number of piperidine rings is 1. The molecule has 0 atom stereocenters. The van der Waals surface area contributed by atoms with E-state index in [1.165, 1.54) is 0 Å². The molecule has 2 rings (SSSR count). The molecule has 0 unspecified atom stereocenters. The molecule has 0 aliphatic carbocycles. The highest BCUT2D eigenvalue weighted by Gasteiger charge is 2.32. The summed E-state index contributed by atoms with van der Waals surface area (Å²) in [5.74, 6) is 1.22. The summed E-state index contributed by atoms with van der Waals surface area (Å²) in [5.41, 5.74) is 5.56. The number of nitrogens with two attached hydrogens (primary N) is 1. The number of nitrogens with zero attached hydrogens (tertiary/aromatic N) is 1. The Hall–Kier alpha value is -1.07. The number of hydrogen-bond acceptors (Lipinski definition) is 3. The van der Waals surface area contributed by atoms with Gasteiger partial charge in [-0.15, -0.1) is 0 Å². The van der Waals surface area contributed by atoms with Crippen LogP contribution in [0.3, 0.4) is 0 Å². The lowest BCUT2D eigenvalue weighted by molar-refractivity contribution is 0.139. The van der Waals surface area contributed by atoms with E-state index in [0.29, 0.717) is 12.4 Å². The molecule has 0 bridgehead atoms. The fourth-order valence-electron chi connectivity index (χ4n) is 2.36. The van der Waals surface area contributed by atoms with Crippen molar-refractivity contribution in [2.45, 2.75) is 19.8 Å². The third kappa shape index (κ3) is 3.96. The van der Waals surface area contributed by atoms with Gasteiger partial charge < -0.3 is 10.5 Å². The summed E-state index contributed by atoms with van der Waals surface area (Å²) in [5, 5.41) is 7.65. The van der Waals surface area contributed by atoms with Gasteiger partial charge >= 0.3 is 0 Å². The van der Waals surface area contributed by atoms with Crippen LogP contribution in [0.1, 0.15) is 19.8 Å². The van der Waals surface area contributed by atoms with Crippen molar-refractivity contribution in [1.29, 1.82) is 5.41 Å². The first kappa shape index (κ1) is 15.3. The molecule has 1 aromatic rings. The van der Waals surface area contributed by atoms with Crippen LogP contribution in [0, 0.1) is 10.8 Å². The Morgan fingerprint density at radius 3 is 2.50 bits per heavy atom. The third-order valence-electron chi connectivity index (χ3n) is 4.10. The monoisotopic (exact) mass is 339 g/mol. The summed E-state index contributed by atoms with van der Waals surface area (Å²) in [6.45, 7) is 5.67. The van der Waals surface area contributed by atoms with E-state index in [1.54, 1.807) is 0 Å². The number of nitrogens with one attached hydrogen (secondary N) is 1. The molecular weight excluding hydrogens is 318 g/mol. The van der Waals surface area contributed by atoms with E-state index in [4.69, 9.17) is 15.9 Å². The molecule has 1 aromatic carbocycles. The normalized spacial score (nSPS) is 18.7. The molecule has 1 fully saturated rings. The molecular formula is C15H22BrN3O. The van der Waals surface area contributed by atoms with Crippen LogP contribution in [0.2, 0.25) is 0 Å². The summed E-state index contributed by atoms with van der Waals surface area (Å²) >= 11 is 3.41. The van der Waals surface area contributed by atoms with E-state index in [9.17, 15) is 0 Å². The molecule has 0 saturated carbocycles. The lowest BCUT2D eigenvalue weighted by Crippen LogP contribution is -2.46. The van der Waals surface area contributed by atoms with E-state index in [1.807, 2.05) is 24.3 Å². The predicted molar refractivity (Wildman–Crippen MR) is 85.3 cm³/mol. The van der Waals surface area contributed by atoms with Gasteiger partial charge in [-0.2, -0.15) is 0 Å². The number of benzene rings is 1. The number of hydrogen-bond donors (Lipinski definition) is 2. The van der Waals surface area contributed by atoms with Crippen LogP contribution in [0.4, 0.5) is 0 Å². The van der Waals surface area contributed by atoms with Crippen LogP contribution >= 0.6 is 15.9 Å². The minimum Gasteiger partial charge on any atom is -0.492 e.